The Balaban J connectivity index is 2.06. The lowest BCUT2D eigenvalue weighted by atomic mass is 10.2. The number of anilines is 1. The number of hydrogen-bond donors (Lipinski definition) is 1. The fourth-order valence-corrected chi connectivity index (χ4v) is 3.82. The van der Waals surface area contributed by atoms with Crippen LogP contribution in [0.25, 0.3) is 0 Å². The van der Waals surface area contributed by atoms with Gasteiger partial charge >= 0.3 is 0 Å². The van der Waals surface area contributed by atoms with Gasteiger partial charge in [-0.3, -0.25) is 4.79 Å². The van der Waals surface area contributed by atoms with Crippen LogP contribution in [0.2, 0.25) is 0 Å². The Kier molecular flexibility index (Phi) is 5.16. The molecule has 1 amide bonds. The highest BCUT2D eigenvalue weighted by molar-refractivity contribution is 7.88. The average molecular weight is 321 g/mol. The van der Waals surface area contributed by atoms with Gasteiger partial charge in [0.05, 0.1) is 24.4 Å². The van der Waals surface area contributed by atoms with Gasteiger partial charge in [-0.2, -0.15) is 9.57 Å². The van der Waals surface area contributed by atoms with E-state index in [1.807, 2.05) is 6.07 Å². The zero-order valence-corrected chi connectivity index (χ0v) is 13.3. The van der Waals surface area contributed by atoms with Crippen molar-refractivity contribution < 1.29 is 13.2 Å². The van der Waals surface area contributed by atoms with Crippen LogP contribution in [0.3, 0.4) is 0 Å². The van der Waals surface area contributed by atoms with Gasteiger partial charge in [0.1, 0.15) is 0 Å². The van der Waals surface area contributed by atoms with E-state index < -0.39 is 15.9 Å². The summed E-state index contributed by atoms with van der Waals surface area (Å²) >= 11 is 0. The molecule has 0 aliphatic heterocycles. The van der Waals surface area contributed by atoms with Crippen molar-refractivity contribution >= 4 is 21.6 Å². The Hall–Kier alpha value is -1.91. The van der Waals surface area contributed by atoms with E-state index in [4.69, 9.17) is 5.26 Å². The van der Waals surface area contributed by atoms with E-state index in [-0.39, 0.29) is 12.6 Å². The third-order valence-electron chi connectivity index (χ3n) is 3.73. The monoisotopic (exact) mass is 321 g/mol. The summed E-state index contributed by atoms with van der Waals surface area (Å²) in [5, 5.41) is 11.5. The number of amides is 1. The predicted octanol–water partition coefficient (Wildman–Crippen LogP) is 1.70. The highest BCUT2D eigenvalue weighted by Crippen LogP contribution is 2.25. The highest BCUT2D eigenvalue weighted by Gasteiger charge is 2.30. The molecule has 1 aromatic carbocycles. The second-order valence-corrected chi connectivity index (χ2v) is 7.42. The standard InChI is InChI=1S/C15H19N3O3S/c1-22(20,21)18(14-7-2-3-8-14)11-15(19)17-13-6-4-5-12(9-13)10-16/h4-6,9,14H,2-3,7-8,11H2,1H3,(H,17,19). The molecule has 6 nitrogen and oxygen atoms in total. The smallest absolute Gasteiger partial charge is 0.239 e. The zero-order valence-electron chi connectivity index (χ0n) is 12.4. The Bertz CT molecular complexity index is 688. The van der Waals surface area contributed by atoms with Gasteiger partial charge in [-0.25, -0.2) is 8.42 Å². The number of nitriles is 1. The van der Waals surface area contributed by atoms with Crippen molar-refractivity contribution in [3.8, 4) is 6.07 Å². The van der Waals surface area contributed by atoms with E-state index >= 15 is 0 Å². The van der Waals surface area contributed by atoms with E-state index in [9.17, 15) is 13.2 Å². The number of nitrogens with zero attached hydrogens (tertiary/aromatic N) is 2. The molecule has 0 atom stereocenters. The zero-order chi connectivity index (χ0) is 16.2. The molecule has 22 heavy (non-hydrogen) atoms. The first kappa shape index (κ1) is 16.5. The van der Waals surface area contributed by atoms with E-state index in [1.54, 1.807) is 24.3 Å². The minimum atomic E-state index is -3.43. The summed E-state index contributed by atoms with van der Waals surface area (Å²) in [6.45, 7) is -0.194. The Morgan fingerprint density at radius 3 is 2.68 bits per heavy atom. The lowest BCUT2D eigenvalue weighted by Crippen LogP contribution is -2.43. The number of benzene rings is 1. The first-order chi connectivity index (χ1) is 10.4. The lowest BCUT2D eigenvalue weighted by Gasteiger charge is -2.25. The molecular formula is C15H19N3O3S. The van der Waals surface area contributed by atoms with Crippen molar-refractivity contribution in [3.05, 3.63) is 29.8 Å². The molecule has 1 N–H and O–H groups in total. The molecule has 0 aromatic heterocycles. The fraction of sp³-hybridized carbons (Fsp3) is 0.467. The summed E-state index contributed by atoms with van der Waals surface area (Å²) in [5.74, 6) is -0.396. The molecule has 1 aliphatic rings. The number of carbonyl (C=O) groups is 1. The molecule has 1 aromatic rings. The summed E-state index contributed by atoms with van der Waals surface area (Å²) in [6.07, 6.45) is 4.70. The Morgan fingerprint density at radius 2 is 2.09 bits per heavy atom. The van der Waals surface area contributed by atoms with E-state index in [2.05, 4.69) is 5.32 Å². The molecule has 0 heterocycles. The largest absolute Gasteiger partial charge is 0.325 e. The lowest BCUT2D eigenvalue weighted by molar-refractivity contribution is -0.116. The van der Waals surface area contributed by atoms with Crippen molar-refractivity contribution in [2.75, 3.05) is 18.1 Å². The molecule has 0 saturated heterocycles. The van der Waals surface area contributed by atoms with Crippen LogP contribution in [0.15, 0.2) is 24.3 Å². The van der Waals surface area contributed by atoms with Gasteiger partial charge in [-0.05, 0) is 31.0 Å². The minimum absolute atomic E-state index is 0.0915. The molecule has 118 valence electrons. The second-order valence-electron chi connectivity index (χ2n) is 5.49. The average Bonchev–Trinajstić information content (AvgIpc) is 2.97. The maximum absolute atomic E-state index is 12.1. The maximum atomic E-state index is 12.1. The molecule has 0 unspecified atom stereocenters. The van der Waals surface area contributed by atoms with Crippen molar-refractivity contribution in [1.82, 2.24) is 4.31 Å². The van der Waals surface area contributed by atoms with Crippen molar-refractivity contribution in [3.63, 3.8) is 0 Å². The van der Waals surface area contributed by atoms with Crippen LogP contribution < -0.4 is 5.32 Å². The molecule has 1 saturated carbocycles. The molecule has 2 rings (SSSR count). The van der Waals surface area contributed by atoms with Crippen molar-refractivity contribution in [1.29, 1.82) is 5.26 Å². The SMILES string of the molecule is CS(=O)(=O)N(CC(=O)Nc1cccc(C#N)c1)C1CCCC1. The summed E-state index contributed by atoms with van der Waals surface area (Å²) in [5.41, 5.74) is 0.928. The van der Waals surface area contributed by atoms with Gasteiger partial charge in [0.2, 0.25) is 15.9 Å². The van der Waals surface area contributed by atoms with Crippen LogP contribution in [-0.2, 0) is 14.8 Å². The number of sulfonamides is 1. The van der Waals surface area contributed by atoms with Gasteiger partial charge in [0.15, 0.2) is 0 Å². The number of hydrogen-bond acceptors (Lipinski definition) is 4. The number of nitrogens with one attached hydrogen (secondary N) is 1. The fourth-order valence-electron chi connectivity index (χ4n) is 2.72. The topological polar surface area (TPSA) is 90.3 Å². The molecule has 0 spiro atoms. The van der Waals surface area contributed by atoms with Gasteiger partial charge < -0.3 is 5.32 Å². The Labute approximate surface area is 130 Å². The Morgan fingerprint density at radius 1 is 1.41 bits per heavy atom. The van der Waals surface area contributed by atoms with E-state index in [0.29, 0.717) is 11.3 Å². The summed E-state index contributed by atoms with van der Waals surface area (Å²) in [6, 6.07) is 8.42. The first-order valence-corrected chi connectivity index (χ1v) is 9.02. The number of carbonyl (C=O) groups excluding carboxylic acids is 1. The first-order valence-electron chi connectivity index (χ1n) is 7.17. The van der Waals surface area contributed by atoms with Crippen molar-refractivity contribution in [2.45, 2.75) is 31.7 Å². The predicted molar refractivity (Wildman–Crippen MR) is 83.6 cm³/mol. The molecular weight excluding hydrogens is 302 g/mol. The van der Waals surface area contributed by atoms with Crippen LogP contribution in [0.5, 0.6) is 0 Å². The van der Waals surface area contributed by atoms with Gasteiger partial charge in [0, 0.05) is 11.7 Å². The summed E-state index contributed by atoms with van der Waals surface area (Å²) < 4.78 is 25.1. The molecule has 0 bridgehead atoms. The molecule has 1 fully saturated rings. The van der Waals surface area contributed by atoms with Crippen LogP contribution in [0.4, 0.5) is 5.69 Å². The normalized spacial score (nSPS) is 15.7. The second kappa shape index (κ2) is 6.90. The van der Waals surface area contributed by atoms with E-state index in [1.165, 1.54) is 4.31 Å². The van der Waals surface area contributed by atoms with Gasteiger partial charge in [-0.1, -0.05) is 18.9 Å². The number of rotatable bonds is 5. The van der Waals surface area contributed by atoms with Crippen LogP contribution in [-0.4, -0.2) is 37.5 Å². The van der Waals surface area contributed by atoms with Gasteiger partial charge in [0.25, 0.3) is 0 Å². The van der Waals surface area contributed by atoms with Gasteiger partial charge in [-0.15, -0.1) is 0 Å². The molecule has 7 heteroatoms. The van der Waals surface area contributed by atoms with Crippen LogP contribution in [0, 0.1) is 11.3 Å². The molecule has 0 radical (unpaired) electrons. The summed E-state index contributed by atoms with van der Waals surface area (Å²) in [4.78, 5) is 12.1. The maximum Gasteiger partial charge on any atom is 0.239 e. The third kappa shape index (κ3) is 4.29. The quantitative estimate of drug-likeness (QED) is 0.893. The van der Waals surface area contributed by atoms with Crippen molar-refractivity contribution in [2.24, 2.45) is 0 Å². The van der Waals surface area contributed by atoms with Crippen LogP contribution in [0.1, 0.15) is 31.2 Å². The highest BCUT2D eigenvalue weighted by atomic mass is 32.2. The van der Waals surface area contributed by atoms with E-state index in [0.717, 1.165) is 31.9 Å². The summed E-state index contributed by atoms with van der Waals surface area (Å²) in [7, 11) is -3.43. The van der Waals surface area contributed by atoms with Crippen LogP contribution >= 0.6 is 0 Å². The third-order valence-corrected chi connectivity index (χ3v) is 5.01. The minimum Gasteiger partial charge on any atom is -0.325 e. The molecule has 1 aliphatic carbocycles.